The van der Waals surface area contributed by atoms with E-state index in [0.717, 1.165) is 5.56 Å². The molecule has 2 N–H and O–H groups in total. The average Bonchev–Trinajstić information content (AvgIpc) is 2.45. The summed E-state index contributed by atoms with van der Waals surface area (Å²) in [5.74, 6) is -2.61. The minimum absolute atomic E-state index is 0.175. The number of aliphatic carboxylic acids is 1. The SMILES string of the molecule is O=C(O)CNC(=O)c1ccc(-c2ccccc2)cc1F. The summed E-state index contributed by atoms with van der Waals surface area (Å²) < 4.78 is 13.9. The molecular weight excluding hydrogens is 261 g/mol. The number of amides is 1. The summed E-state index contributed by atoms with van der Waals surface area (Å²) in [7, 11) is 0. The van der Waals surface area contributed by atoms with Crippen LogP contribution in [0.4, 0.5) is 4.39 Å². The lowest BCUT2D eigenvalue weighted by Crippen LogP contribution is -2.29. The topological polar surface area (TPSA) is 66.4 Å². The summed E-state index contributed by atoms with van der Waals surface area (Å²) in [5, 5.41) is 10.6. The summed E-state index contributed by atoms with van der Waals surface area (Å²) in [4.78, 5) is 22.0. The highest BCUT2D eigenvalue weighted by Gasteiger charge is 2.13. The lowest BCUT2D eigenvalue weighted by Gasteiger charge is -2.06. The van der Waals surface area contributed by atoms with E-state index in [9.17, 15) is 14.0 Å². The summed E-state index contributed by atoms with van der Waals surface area (Å²) >= 11 is 0. The monoisotopic (exact) mass is 273 g/mol. The summed E-state index contributed by atoms with van der Waals surface area (Å²) in [6.45, 7) is -0.543. The molecule has 0 aliphatic heterocycles. The number of hydrogen-bond acceptors (Lipinski definition) is 2. The van der Waals surface area contributed by atoms with Crippen molar-refractivity contribution < 1.29 is 19.1 Å². The number of carboxylic acids is 1. The molecule has 0 heterocycles. The number of carbonyl (C=O) groups is 2. The maximum Gasteiger partial charge on any atom is 0.322 e. The highest BCUT2D eigenvalue weighted by molar-refractivity contribution is 5.96. The number of hydrogen-bond donors (Lipinski definition) is 2. The molecule has 5 heteroatoms. The van der Waals surface area contributed by atoms with Gasteiger partial charge >= 0.3 is 5.97 Å². The van der Waals surface area contributed by atoms with Crippen molar-refractivity contribution in [3.05, 3.63) is 59.9 Å². The van der Waals surface area contributed by atoms with Gasteiger partial charge in [-0.3, -0.25) is 9.59 Å². The second kappa shape index (κ2) is 5.97. The smallest absolute Gasteiger partial charge is 0.322 e. The van der Waals surface area contributed by atoms with Crippen LogP contribution < -0.4 is 5.32 Å². The minimum atomic E-state index is -1.18. The summed E-state index contributed by atoms with van der Waals surface area (Å²) in [5.41, 5.74) is 1.31. The summed E-state index contributed by atoms with van der Waals surface area (Å²) in [6.07, 6.45) is 0. The fraction of sp³-hybridized carbons (Fsp3) is 0.0667. The van der Waals surface area contributed by atoms with Crippen LogP contribution in [0.5, 0.6) is 0 Å². The van der Waals surface area contributed by atoms with Crippen LogP contribution in [0, 0.1) is 5.82 Å². The molecule has 0 radical (unpaired) electrons. The first-order valence-electron chi connectivity index (χ1n) is 5.93. The number of halogens is 1. The predicted molar refractivity (Wildman–Crippen MR) is 71.8 cm³/mol. The van der Waals surface area contributed by atoms with Crippen molar-refractivity contribution in [1.82, 2.24) is 5.32 Å². The van der Waals surface area contributed by atoms with E-state index in [-0.39, 0.29) is 5.56 Å². The van der Waals surface area contributed by atoms with Crippen molar-refractivity contribution >= 4 is 11.9 Å². The van der Waals surface area contributed by atoms with Gasteiger partial charge < -0.3 is 10.4 Å². The van der Waals surface area contributed by atoms with Crippen molar-refractivity contribution in [3.8, 4) is 11.1 Å². The van der Waals surface area contributed by atoms with Gasteiger partial charge in [0.05, 0.1) is 5.56 Å². The van der Waals surface area contributed by atoms with E-state index in [0.29, 0.717) is 5.56 Å². The van der Waals surface area contributed by atoms with Gasteiger partial charge in [0.15, 0.2) is 0 Å². The van der Waals surface area contributed by atoms with Gasteiger partial charge in [-0.05, 0) is 23.3 Å². The molecule has 0 aromatic heterocycles. The Bertz CT molecular complexity index is 641. The highest BCUT2D eigenvalue weighted by atomic mass is 19.1. The molecular formula is C15H12FNO3. The molecule has 2 aromatic rings. The Balaban J connectivity index is 2.22. The Morgan fingerprint density at radius 3 is 2.35 bits per heavy atom. The van der Waals surface area contributed by atoms with Crippen LogP contribution in [0.3, 0.4) is 0 Å². The van der Waals surface area contributed by atoms with Crippen molar-refractivity contribution in [2.45, 2.75) is 0 Å². The van der Waals surface area contributed by atoms with Crippen molar-refractivity contribution in [2.24, 2.45) is 0 Å². The van der Waals surface area contributed by atoms with E-state index in [4.69, 9.17) is 5.11 Å². The van der Waals surface area contributed by atoms with Crippen LogP contribution in [0.25, 0.3) is 11.1 Å². The molecule has 4 nitrogen and oxygen atoms in total. The molecule has 0 spiro atoms. The number of rotatable bonds is 4. The Labute approximate surface area is 114 Å². The number of carbonyl (C=O) groups excluding carboxylic acids is 1. The van der Waals surface area contributed by atoms with Gasteiger partial charge in [0.25, 0.3) is 5.91 Å². The Kier molecular flexibility index (Phi) is 4.10. The van der Waals surface area contributed by atoms with Crippen LogP contribution >= 0.6 is 0 Å². The fourth-order valence-electron chi connectivity index (χ4n) is 1.76. The van der Waals surface area contributed by atoms with Gasteiger partial charge in [0.2, 0.25) is 0 Å². The van der Waals surface area contributed by atoms with E-state index < -0.39 is 24.2 Å². The third-order valence-corrected chi connectivity index (χ3v) is 2.72. The van der Waals surface area contributed by atoms with Gasteiger partial charge in [0.1, 0.15) is 12.4 Å². The lowest BCUT2D eigenvalue weighted by molar-refractivity contribution is -0.135. The number of carboxylic acid groups (broad SMARTS) is 1. The zero-order valence-electron chi connectivity index (χ0n) is 10.5. The molecule has 2 aromatic carbocycles. The first kappa shape index (κ1) is 13.7. The van der Waals surface area contributed by atoms with Gasteiger partial charge in [-0.15, -0.1) is 0 Å². The molecule has 20 heavy (non-hydrogen) atoms. The van der Waals surface area contributed by atoms with Gasteiger partial charge in [0, 0.05) is 0 Å². The molecule has 1 amide bonds. The molecule has 102 valence electrons. The molecule has 0 aliphatic rings. The summed E-state index contributed by atoms with van der Waals surface area (Å²) in [6, 6.07) is 13.4. The second-order valence-electron chi connectivity index (χ2n) is 4.14. The Hall–Kier alpha value is -2.69. The Morgan fingerprint density at radius 1 is 1.05 bits per heavy atom. The largest absolute Gasteiger partial charge is 0.480 e. The maximum atomic E-state index is 13.9. The molecule has 0 bridgehead atoms. The van der Waals surface area contributed by atoms with Gasteiger partial charge in [-0.25, -0.2) is 4.39 Å². The van der Waals surface area contributed by atoms with E-state index in [1.165, 1.54) is 12.1 Å². The first-order valence-corrected chi connectivity index (χ1v) is 5.93. The minimum Gasteiger partial charge on any atom is -0.480 e. The molecule has 2 rings (SSSR count). The predicted octanol–water partition coefficient (Wildman–Crippen LogP) is 2.31. The van der Waals surface area contributed by atoms with Gasteiger partial charge in [-0.2, -0.15) is 0 Å². The van der Waals surface area contributed by atoms with Crippen LogP contribution in [0.2, 0.25) is 0 Å². The van der Waals surface area contributed by atoms with Crippen LogP contribution in [0.15, 0.2) is 48.5 Å². The molecule has 0 fully saturated rings. The Morgan fingerprint density at radius 2 is 1.75 bits per heavy atom. The van der Waals surface area contributed by atoms with Crippen LogP contribution in [-0.2, 0) is 4.79 Å². The number of nitrogens with one attached hydrogen (secondary N) is 1. The third kappa shape index (κ3) is 3.20. The van der Waals surface area contributed by atoms with E-state index in [2.05, 4.69) is 5.32 Å². The molecule has 0 aliphatic carbocycles. The van der Waals surface area contributed by atoms with Crippen molar-refractivity contribution in [3.63, 3.8) is 0 Å². The van der Waals surface area contributed by atoms with E-state index in [1.54, 1.807) is 6.07 Å². The molecule has 0 saturated heterocycles. The lowest BCUT2D eigenvalue weighted by atomic mass is 10.0. The van der Waals surface area contributed by atoms with E-state index in [1.807, 2.05) is 30.3 Å². The van der Waals surface area contributed by atoms with E-state index >= 15 is 0 Å². The molecule has 0 saturated carbocycles. The normalized spacial score (nSPS) is 10.1. The first-order chi connectivity index (χ1) is 9.58. The molecule has 0 atom stereocenters. The van der Waals surface area contributed by atoms with Crippen LogP contribution in [-0.4, -0.2) is 23.5 Å². The quantitative estimate of drug-likeness (QED) is 0.898. The average molecular weight is 273 g/mol. The zero-order chi connectivity index (χ0) is 14.5. The van der Waals surface area contributed by atoms with Gasteiger partial charge in [-0.1, -0.05) is 36.4 Å². The van der Waals surface area contributed by atoms with Crippen molar-refractivity contribution in [2.75, 3.05) is 6.54 Å². The highest BCUT2D eigenvalue weighted by Crippen LogP contribution is 2.21. The maximum absolute atomic E-state index is 13.9. The van der Waals surface area contributed by atoms with Crippen LogP contribution in [0.1, 0.15) is 10.4 Å². The zero-order valence-corrected chi connectivity index (χ0v) is 10.5. The molecule has 0 unspecified atom stereocenters. The third-order valence-electron chi connectivity index (χ3n) is 2.72. The standard InChI is InChI=1S/C15H12FNO3/c16-13-8-11(10-4-2-1-3-5-10)6-7-12(13)15(20)17-9-14(18)19/h1-8H,9H2,(H,17,20)(H,18,19). The fourth-order valence-corrected chi connectivity index (χ4v) is 1.76. The number of benzene rings is 2. The second-order valence-corrected chi connectivity index (χ2v) is 4.14. The van der Waals surface area contributed by atoms with Crippen molar-refractivity contribution in [1.29, 1.82) is 0 Å².